The summed E-state index contributed by atoms with van der Waals surface area (Å²) in [5, 5.41) is 4.67. The van der Waals surface area contributed by atoms with Gasteiger partial charge >= 0.3 is 0 Å². The standard InChI is InChI=1S/C19H24BrN3O/c1-12(24)17-11-21-18-9-4-13(20)10-16(18)19(17)22-14-5-7-15(8-6-14)23(2)3/h4,9-11,14-15H,5-8H2,1-3H3,(H,21,22). The van der Waals surface area contributed by atoms with Gasteiger partial charge in [0.25, 0.3) is 0 Å². The van der Waals surface area contributed by atoms with Gasteiger partial charge in [0.2, 0.25) is 0 Å². The molecule has 1 aromatic heterocycles. The summed E-state index contributed by atoms with van der Waals surface area (Å²) in [6.45, 7) is 1.61. The van der Waals surface area contributed by atoms with Gasteiger partial charge in [0.15, 0.2) is 5.78 Å². The summed E-state index contributed by atoms with van der Waals surface area (Å²) in [7, 11) is 4.31. The fraction of sp³-hybridized carbons (Fsp3) is 0.474. The Morgan fingerprint density at radius 1 is 1.25 bits per heavy atom. The summed E-state index contributed by atoms with van der Waals surface area (Å²) in [6, 6.07) is 7.08. The highest BCUT2D eigenvalue weighted by molar-refractivity contribution is 9.10. The Balaban J connectivity index is 1.91. The molecule has 0 saturated heterocycles. The maximum Gasteiger partial charge on any atom is 0.163 e. The summed E-state index contributed by atoms with van der Waals surface area (Å²) >= 11 is 3.53. The molecule has 3 rings (SSSR count). The van der Waals surface area contributed by atoms with Gasteiger partial charge in [-0.3, -0.25) is 9.78 Å². The van der Waals surface area contributed by atoms with Crippen molar-refractivity contribution < 1.29 is 4.79 Å². The van der Waals surface area contributed by atoms with Gasteiger partial charge in [-0.25, -0.2) is 0 Å². The monoisotopic (exact) mass is 389 g/mol. The molecule has 0 atom stereocenters. The van der Waals surface area contributed by atoms with E-state index in [-0.39, 0.29) is 5.78 Å². The number of carbonyl (C=O) groups excluding carboxylic acids is 1. The van der Waals surface area contributed by atoms with Crippen molar-refractivity contribution >= 4 is 38.3 Å². The highest BCUT2D eigenvalue weighted by Crippen LogP contribution is 2.32. The van der Waals surface area contributed by atoms with Gasteiger partial charge < -0.3 is 10.2 Å². The lowest BCUT2D eigenvalue weighted by Crippen LogP contribution is -2.36. The zero-order chi connectivity index (χ0) is 17.3. The Hall–Kier alpha value is -1.46. The van der Waals surface area contributed by atoms with E-state index in [0.29, 0.717) is 17.6 Å². The van der Waals surface area contributed by atoms with Crippen LogP contribution < -0.4 is 5.32 Å². The topological polar surface area (TPSA) is 45.2 Å². The summed E-state index contributed by atoms with van der Waals surface area (Å²) in [4.78, 5) is 18.8. The maximum atomic E-state index is 12.1. The number of benzene rings is 1. The van der Waals surface area contributed by atoms with E-state index in [2.05, 4.69) is 45.2 Å². The van der Waals surface area contributed by atoms with E-state index < -0.39 is 0 Å². The van der Waals surface area contributed by atoms with E-state index in [4.69, 9.17) is 0 Å². The molecule has 2 aromatic rings. The third kappa shape index (κ3) is 3.62. The molecule has 0 spiro atoms. The average Bonchev–Trinajstić information content (AvgIpc) is 2.55. The van der Waals surface area contributed by atoms with Crippen LogP contribution in [0.4, 0.5) is 5.69 Å². The molecule has 0 unspecified atom stereocenters. The lowest BCUT2D eigenvalue weighted by molar-refractivity contribution is 0.101. The first-order valence-electron chi connectivity index (χ1n) is 8.48. The molecule has 0 bridgehead atoms. The zero-order valence-electron chi connectivity index (χ0n) is 14.5. The van der Waals surface area contributed by atoms with Gasteiger partial charge in [0.1, 0.15) is 0 Å². The predicted molar refractivity (Wildman–Crippen MR) is 103 cm³/mol. The molecular weight excluding hydrogens is 366 g/mol. The van der Waals surface area contributed by atoms with E-state index in [1.54, 1.807) is 13.1 Å². The number of aromatic nitrogens is 1. The Kier molecular flexibility index (Phi) is 5.21. The molecule has 5 heteroatoms. The van der Waals surface area contributed by atoms with Crippen LogP contribution >= 0.6 is 15.9 Å². The summed E-state index contributed by atoms with van der Waals surface area (Å²) in [5.74, 6) is 0.0499. The van der Waals surface area contributed by atoms with Crippen molar-refractivity contribution in [1.82, 2.24) is 9.88 Å². The van der Waals surface area contributed by atoms with E-state index in [1.807, 2.05) is 18.2 Å². The Morgan fingerprint density at radius 3 is 2.58 bits per heavy atom. The molecule has 0 amide bonds. The molecule has 1 aliphatic rings. The number of Topliss-reactive ketones (excluding diaryl/α,β-unsaturated/α-hetero) is 1. The molecule has 4 nitrogen and oxygen atoms in total. The first kappa shape index (κ1) is 17.4. The first-order chi connectivity index (χ1) is 11.5. The van der Waals surface area contributed by atoms with Gasteiger partial charge in [-0.15, -0.1) is 0 Å². The molecule has 1 heterocycles. The van der Waals surface area contributed by atoms with Crippen LogP contribution in [-0.4, -0.2) is 41.8 Å². The molecule has 1 saturated carbocycles. The highest BCUT2D eigenvalue weighted by Gasteiger charge is 2.24. The molecule has 0 aliphatic heterocycles. The normalized spacial score (nSPS) is 21.2. The minimum absolute atomic E-state index is 0.0499. The Bertz CT molecular complexity index is 752. The van der Waals surface area contributed by atoms with Crippen LogP contribution in [0.5, 0.6) is 0 Å². The number of hydrogen-bond acceptors (Lipinski definition) is 4. The number of pyridine rings is 1. The van der Waals surface area contributed by atoms with E-state index in [0.717, 1.165) is 33.9 Å². The molecule has 0 radical (unpaired) electrons. The van der Waals surface area contributed by atoms with Crippen molar-refractivity contribution in [2.75, 3.05) is 19.4 Å². The van der Waals surface area contributed by atoms with Crippen molar-refractivity contribution in [1.29, 1.82) is 0 Å². The zero-order valence-corrected chi connectivity index (χ0v) is 16.1. The number of halogens is 1. The van der Waals surface area contributed by atoms with Crippen LogP contribution in [0.15, 0.2) is 28.9 Å². The third-order valence-electron chi connectivity index (χ3n) is 4.98. The van der Waals surface area contributed by atoms with Gasteiger partial charge in [-0.2, -0.15) is 0 Å². The molecule has 1 fully saturated rings. The van der Waals surface area contributed by atoms with Gasteiger partial charge in [-0.1, -0.05) is 15.9 Å². The molecule has 1 aromatic carbocycles. The van der Waals surface area contributed by atoms with Gasteiger partial charge in [0.05, 0.1) is 16.8 Å². The van der Waals surface area contributed by atoms with Crippen LogP contribution in [0.3, 0.4) is 0 Å². The van der Waals surface area contributed by atoms with E-state index in [1.165, 1.54) is 12.8 Å². The van der Waals surface area contributed by atoms with E-state index >= 15 is 0 Å². The van der Waals surface area contributed by atoms with Crippen LogP contribution in [0.1, 0.15) is 43.0 Å². The van der Waals surface area contributed by atoms with Crippen molar-refractivity contribution in [3.63, 3.8) is 0 Å². The number of nitrogens with one attached hydrogen (secondary N) is 1. The Morgan fingerprint density at radius 2 is 1.96 bits per heavy atom. The van der Waals surface area contributed by atoms with Crippen molar-refractivity contribution in [2.24, 2.45) is 0 Å². The number of hydrogen-bond donors (Lipinski definition) is 1. The van der Waals surface area contributed by atoms with Crippen molar-refractivity contribution in [3.05, 3.63) is 34.4 Å². The number of rotatable bonds is 4. The van der Waals surface area contributed by atoms with Gasteiger partial charge in [0, 0.05) is 28.1 Å². The van der Waals surface area contributed by atoms with Crippen molar-refractivity contribution in [2.45, 2.75) is 44.7 Å². The second-order valence-corrected chi connectivity index (χ2v) is 7.79. The Labute approximate surface area is 151 Å². The average molecular weight is 390 g/mol. The maximum absolute atomic E-state index is 12.1. The van der Waals surface area contributed by atoms with Gasteiger partial charge in [-0.05, 0) is 64.9 Å². The summed E-state index contributed by atoms with van der Waals surface area (Å²) < 4.78 is 0.997. The lowest BCUT2D eigenvalue weighted by atomic mass is 9.90. The number of ketones is 1. The molecule has 128 valence electrons. The second-order valence-electron chi connectivity index (χ2n) is 6.88. The molecule has 1 aliphatic carbocycles. The van der Waals surface area contributed by atoms with Crippen LogP contribution in [-0.2, 0) is 0 Å². The summed E-state index contributed by atoms with van der Waals surface area (Å²) in [5.41, 5.74) is 2.52. The number of nitrogens with zero attached hydrogens (tertiary/aromatic N) is 2. The smallest absolute Gasteiger partial charge is 0.163 e. The van der Waals surface area contributed by atoms with Crippen LogP contribution in [0, 0.1) is 0 Å². The predicted octanol–water partition coefficient (Wildman–Crippen LogP) is 4.48. The number of fused-ring (bicyclic) bond motifs is 1. The van der Waals surface area contributed by atoms with Crippen LogP contribution in [0.25, 0.3) is 10.9 Å². The molecule has 24 heavy (non-hydrogen) atoms. The number of carbonyl (C=O) groups is 1. The quantitative estimate of drug-likeness (QED) is 0.782. The molecular formula is C19H24BrN3O. The largest absolute Gasteiger partial charge is 0.381 e. The first-order valence-corrected chi connectivity index (χ1v) is 9.27. The minimum Gasteiger partial charge on any atom is -0.381 e. The second kappa shape index (κ2) is 7.19. The SMILES string of the molecule is CC(=O)c1cnc2ccc(Br)cc2c1NC1CCC(N(C)C)CC1. The fourth-order valence-electron chi connectivity index (χ4n) is 3.53. The van der Waals surface area contributed by atoms with Crippen LogP contribution in [0.2, 0.25) is 0 Å². The van der Waals surface area contributed by atoms with E-state index in [9.17, 15) is 4.79 Å². The van der Waals surface area contributed by atoms with Crippen molar-refractivity contribution in [3.8, 4) is 0 Å². The molecule has 1 N–H and O–H groups in total. The lowest BCUT2D eigenvalue weighted by Gasteiger charge is -2.34. The third-order valence-corrected chi connectivity index (χ3v) is 5.48. The number of anilines is 1. The highest BCUT2D eigenvalue weighted by atomic mass is 79.9. The minimum atomic E-state index is 0.0499. The summed E-state index contributed by atoms with van der Waals surface area (Å²) in [6.07, 6.45) is 6.32. The fourth-order valence-corrected chi connectivity index (χ4v) is 3.89.